The van der Waals surface area contributed by atoms with Gasteiger partial charge >= 0.3 is 0 Å². The summed E-state index contributed by atoms with van der Waals surface area (Å²) in [6.45, 7) is 0.0918. The van der Waals surface area contributed by atoms with E-state index in [1.54, 1.807) is 0 Å². The second kappa shape index (κ2) is 4.11. The maximum Gasteiger partial charge on any atom is 0.0685 e. The smallest absolute Gasteiger partial charge is 0.0685 e. The van der Waals surface area contributed by atoms with Crippen molar-refractivity contribution in [1.29, 1.82) is 0 Å². The average Bonchev–Trinajstić information content (AvgIpc) is 3.01. The summed E-state index contributed by atoms with van der Waals surface area (Å²) < 4.78 is 0. The third-order valence-electron chi connectivity index (χ3n) is 2.91. The molecule has 76 valence electrons. The predicted molar refractivity (Wildman–Crippen MR) is 56.6 cm³/mol. The van der Waals surface area contributed by atoms with Crippen molar-refractivity contribution in [3.8, 4) is 0 Å². The Morgan fingerprint density at radius 1 is 1.36 bits per heavy atom. The van der Waals surface area contributed by atoms with E-state index < -0.39 is 0 Å². The van der Waals surface area contributed by atoms with Gasteiger partial charge in [-0.1, -0.05) is 37.1 Å². The van der Waals surface area contributed by atoms with Crippen molar-refractivity contribution in [2.75, 3.05) is 0 Å². The molecular formula is C12H17NO. The van der Waals surface area contributed by atoms with E-state index in [2.05, 4.69) is 0 Å². The Morgan fingerprint density at radius 3 is 2.71 bits per heavy atom. The Labute approximate surface area is 84.7 Å². The standard InChI is InChI=1S/C12H17NO/c13-12(7-9-5-6-9)11-4-2-1-3-10(11)8-14/h1-4,9,12,14H,5-8,13H2/t12-/m0/s1. The first kappa shape index (κ1) is 9.69. The lowest BCUT2D eigenvalue weighted by molar-refractivity contribution is 0.279. The van der Waals surface area contributed by atoms with Crippen LogP contribution in [0.25, 0.3) is 0 Å². The van der Waals surface area contributed by atoms with E-state index in [0.717, 1.165) is 23.5 Å². The SMILES string of the molecule is N[C@@H](CC1CC1)c1ccccc1CO. The van der Waals surface area contributed by atoms with Gasteiger partial charge in [0.2, 0.25) is 0 Å². The van der Waals surface area contributed by atoms with Crippen LogP contribution in [-0.2, 0) is 6.61 Å². The molecule has 1 aliphatic rings. The van der Waals surface area contributed by atoms with Gasteiger partial charge in [0.05, 0.1) is 6.61 Å². The predicted octanol–water partition coefficient (Wildman–Crippen LogP) is 1.98. The Kier molecular flexibility index (Phi) is 2.85. The molecule has 2 rings (SSSR count). The van der Waals surface area contributed by atoms with Gasteiger partial charge in [-0.2, -0.15) is 0 Å². The number of aliphatic hydroxyl groups excluding tert-OH is 1. The monoisotopic (exact) mass is 191 g/mol. The van der Waals surface area contributed by atoms with E-state index in [0.29, 0.717) is 0 Å². The molecule has 0 aliphatic heterocycles. The second-order valence-corrected chi connectivity index (χ2v) is 4.14. The molecule has 0 spiro atoms. The van der Waals surface area contributed by atoms with Crippen LogP contribution in [0.2, 0.25) is 0 Å². The molecule has 2 nitrogen and oxygen atoms in total. The molecule has 1 aliphatic carbocycles. The molecule has 2 heteroatoms. The summed E-state index contributed by atoms with van der Waals surface area (Å²) in [6.07, 6.45) is 3.72. The van der Waals surface area contributed by atoms with Crippen molar-refractivity contribution in [2.45, 2.75) is 31.9 Å². The summed E-state index contributed by atoms with van der Waals surface area (Å²) >= 11 is 0. The molecule has 0 bridgehead atoms. The lowest BCUT2D eigenvalue weighted by Gasteiger charge is -2.14. The molecule has 0 radical (unpaired) electrons. The van der Waals surface area contributed by atoms with Crippen LogP contribution in [0.4, 0.5) is 0 Å². The summed E-state index contributed by atoms with van der Waals surface area (Å²) in [5.74, 6) is 0.830. The zero-order valence-electron chi connectivity index (χ0n) is 8.32. The van der Waals surface area contributed by atoms with E-state index in [1.807, 2.05) is 24.3 Å². The Balaban J connectivity index is 2.11. The summed E-state index contributed by atoms with van der Waals surface area (Å²) in [5, 5.41) is 9.16. The first-order valence-corrected chi connectivity index (χ1v) is 5.25. The van der Waals surface area contributed by atoms with Crippen molar-refractivity contribution in [3.05, 3.63) is 35.4 Å². The van der Waals surface area contributed by atoms with Gasteiger partial charge in [-0.3, -0.25) is 0 Å². The maximum atomic E-state index is 9.16. The van der Waals surface area contributed by atoms with Crippen LogP contribution in [0.15, 0.2) is 24.3 Å². The van der Waals surface area contributed by atoms with Crippen molar-refractivity contribution in [3.63, 3.8) is 0 Å². The van der Waals surface area contributed by atoms with Gasteiger partial charge in [-0.15, -0.1) is 0 Å². The fourth-order valence-corrected chi connectivity index (χ4v) is 1.88. The van der Waals surface area contributed by atoms with Gasteiger partial charge in [0.1, 0.15) is 0 Å². The molecule has 1 aromatic carbocycles. The summed E-state index contributed by atoms with van der Waals surface area (Å²) in [7, 11) is 0. The average molecular weight is 191 g/mol. The number of aliphatic hydroxyl groups is 1. The van der Waals surface area contributed by atoms with Crippen LogP contribution in [-0.4, -0.2) is 5.11 Å². The highest BCUT2D eigenvalue weighted by Gasteiger charge is 2.25. The molecule has 14 heavy (non-hydrogen) atoms. The summed E-state index contributed by atoms with van der Waals surface area (Å²) in [4.78, 5) is 0. The fourth-order valence-electron chi connectivity index (χ4n) is 1.88. The quantitative estimate of drug-likeness (QED) is 0.764. The van der Waals surface area contributed by atoms with Gasteiger partial charge in [-0.05, 0) is 23.5 Å². The lowest BCUT2D eigenvalue weighted by atomic mass is 9.97. The first-order chi connectivity index (χ1) is 6.81. The molecular weight excluding hydrogens is 174 g/mol. The second-order valence-electron chi connectivity index (χ2n) is 4.14. The van der Waals surface area contributed by atoms with E-state index in [4.69, 9.17) is 10.8 Å². The van der Waals surface area contributed by atoms with Gasteiger partial charge in [0.15, 0.2) is 0 Å². The number of rotatable bonds is 4. The molecule has 0 heterocycles. The van der Waals surface area contributed by atoms with Crippen LogP contribution in [0.1, 0.15) is 36.4 Å². The molecule has 0 unspecified atom stereocenters. The van der Waals surface area contributed by atoms with Crippen LogP contribution in [0.3, 0.4) is 0 Å². The fraction of sp³-hybridized carbons (Fsp3) is 0.500. The topological polar surface area (TPSA) is 46.2 Å². The molecule has 0 saturated heterocycles. The van der Waals surface area contributed by atoms with Gasteiger partial charge in [0, 0.05) is 6.04 Å². The van der Waals surface area contributed by atoms with Crippen molar-refractivity contribution in [2.24, 2.45) is 11.7 Å². The Morgan fingerprint density at radius 2 is 2.07 bits per heavy atom. The Hall–Kier alpha value is -0.860. The van der Waals surface area contributed by atoms with Crippen LogP contribution < -0.4 is 5.73 Å². The first-order valence-electron chi connectivity index (χ1n) is 5.25. The number of benzene rings is 1. The van der Waals surface area contributed by atoms with Crippen LogP contribution in [0.5, 0.6) is 0 Å². The maximum absolute atomic E-state index is 9.16. The minimum atomic E-state index is 0.0918. The molecule has 3 N–H and O–H groups in total. The summed E-state index contributed by atoms with van der Waals surface area (Å²) in [5.41, 5.74) is 8.19. The van der Waals surface area contributed by atoms with E-state index in [9.17, 15) is 0 Å². The Bertz CT molecular complexity index is 307. The lowest BCUT2D eigenvalue weighted by Crippen LogP contribution is -2.13. The highest BCUT2D eigenvalue weighted by Crippen LogP contribution is 2.37. The van der Waals surface area contributed by atoms with Crippen molar-refractivity contribution < 1.29 is 5.11 Å². The molecule has 1 aromatic rings. The zero-order chi connectivity index (χ0) is 9.97. The van der Waals surface area contributed by atoms with Crippen LogP contribution in [0, 0.1) is 5.92 Å². The molecule has 0 aromatic heterocycles. The number of hydrogen-bond acceptors (Lipinski definition) is 2. The van der Waals surface area contributed by atoms with Crippen molar-refractivity contribution in [1.82, 2.24) is 0 Å². The van der Waals surface area contributed by atoms with Gasteiger partial charge in [0.25, 0.3) is 0 Å². The third kappa shape index (κ3) is 2.14. The number of nitrogens with two attached hydrogens (primary N) is 1. The molecule has 1 saturated carbocycles. The van der Waals surface area contributed by atoms with Gasteiger partial charge < -0.3 is 10.8 Å². The zero-order valence-corrected chi connectivity index (χ0v) is 8.32. The molecule has 1 fully saturated rings. The third-order valence-corrected chi connectivity index (χ3v) is 2.91. The van der Waals surface area contributed by atoms with E-state index >= 15 is 0 Å². The molecule has 0 amide bonds. The van der Waals surface area contributed by atoms with Crippen LogP contribution >= 0.6 is 0 Å². The minimum absolute atomic E-state index is 0.0918. The normalized spacial score (nSPS) is 18.1. The highest BCUT2D eigenvalue weighted by atomic mass is 16.3. The molecule has 1 atom stereocenters. The van der Waals surface area contributed by atoms with E-state index in [1.165, 1.54) is 12.8 Å². The van der Waals surface area contributed by atoms with E-state index in [-0.39, 0.29) is 12.6 Å². The largest absolute Gasteiger partial charge is 0.392 e. The minimum Gasteiger partial charge on any atom is -0.392 e. The highest BCUT2D eigenvalue weighted by molar-refractivity contribution is 5.29. The van der Waals surface area contributed by atoms with Gasteiger partial charge in [-0.25, -0.2) is 0 Å². The van der Waals surface area contributed by atoms with Crippen molar-refractivity contribution >= 4 is 0 Å². The summed E-state index contributed by atoms with van der Waals surface area (Å²) in [6, 6.07) is 8.01. The number of hydrogen-bond donors (Lipinski definition) is 2.